The standard InChI is InChI=1S/C21H16ClN5O/c22-18-9-5-4-8-17(18)14-24-21-25-19(15-10-12-23-13-11-15)26-27(21)20(28)16-6-2-1-3-7-16/h1-13H,14H2,(H,24,25,26). The first kappa shape index (κ1) is 17.9. The molecular weight excluding hydrogens is 374 g/mol. The molecule has 0 atom stereocenters. The number of pyridine rings is 1. The lowest BCUT2D eigenvalue weighted by Crippen LogP contribution is -2.17. The van der Waals surface area contributed by atoms with Gasteiger partial charge in [-0.1, -0.05) is 48.0 Å². The molecule has 0 aliphatic carbocycles. The molecule has 0 fully saturated rings. The molecule has 0 radical (unpaired) electrons. The van der Waals surface area contributed by atoms with E-state index in [1.54, 1.807) is 36.7 Å². The van der Waals surface area contributed by atoms with Gasteiger partial charge in [0.15, 0.2) is 5.82 Å². The summed E-state index contributed by atoms with van der Waals surface area (Å²) in [5, 5.41) is 8.25. The Labute approximate surface area is 166 Å². The maximum absolute atomic E-state index is 13.0. The number of nitrogens with one attached hydrogen (secondary N) is 1. The van der Waals surface area contributed by atoms with E-state index >= 15 is 0 Å². The molecule has 2 heterocycles. The quantitative estimate of drug-likeness (QED) is 0.551. The van der Waals surface area contributed by atoms with E-state index < -0.39 is 0 Å². The van der Waals surface area contributed by atoms with Crippen LogP contribution in [-0.2, 0) is 6.54 Å². The van der Waals surface area contributed by atoms with Crippen molar-refractivity contribution in [1.82, 2.24) is 19.7 Å². The summed E-state index contributed by atoms with van der Waals surface area (Å²) in [4.78, 5) is 21.5. The smallest absolute Gasteiger partial charge is 0.281 e. The van der Waals surface area contributed by atoms with Crippen LogP contribution in [0, 0.1) is 0 Å². The van der Waals surface area contributed by atoms with Gasteiger partial charge in [0.05, 0.1) is 0 Å². The Balaban J connectivity index is 1.70. The Hall–Kier alpha value is -3.51. The van der Waals surface area contributed by atoms with E-state index in [9.17, 15) is 4.79 Å². The molecule has 4 rings (SSSR count). The number of anilines is 1. The second-order valence-electron chi connectivity index (χ2n) is 6.02. The van der Waals surface area contributed by atoms with Gasteiger partial charge < -0.3 is 5.32 Å². The van der Waals surface area contributed by atoms with Crippen molar-refractivity contribution >= 4 is 23.5 Å². The maximum Gasteiger partial charge on any atom is 0.281 e. The number of rotatable bonds is 5. The van der Waals surface area contributed by atoms with Crippen LogP contribution in [-0.4, -0.2) is 25.7 Å². The molecule has 2 aromatic heterocycles. The third-order valence-electron chi connectivity index (χ3n) is 4.15. The van der Waals surface area contributed by atoms with Crippen molar-refractivity contribution in [2.24, 2.45) is 0 Å². The van der Waals surface area contributed by atoms with E-state index in [1.807, 2.05) is 42.5 Å². The Morgan fingerprint density at radius 1 is 0.964 bits per heavy atom. The summed E-state index contributed by atoms with van der Waals surface area (Å²) in [5.41, 5.74) is 2.20. The summed E-state index contributed by atoms with van der Waals surface area (Å²) in [7, 11) is 0. The number of benzene rings is 2. The summed E-state index contributed by atoms with van der Waals surface area (Å²) < 4.78 is 1.28. The fourth-order valence-electron chi connectivity index (χ4n) is 2.71. The van der Waals surface area contributed by atoms with Crippen molar-refractivity contribution in [3.63, 3.8) is 0 Å². The highest BCUT2D eigenvalue weighted by atomic mass is 35.5. The molecule has 28 heavy (non-hydrogen) atoms. The normalized spacial score (nSPS) is 10.6. The zero-order valence-electron chi connectivity index (χ0n) is 14.8. The first-order valence-corrected chi connectivity index (χ1v) is 9.04. The molecule has 2 aromatic carbocycles. The Kier molecular flexibility index (Phi) is 5.12. The fraction of sp³-hybridized carbons (Fsp3) is 0.0476. The zero-order chi connectivity index (χ0) is 19.3. The van der Waals surface area contributed by atoms with E-state index in [0.29, 0.717) is 28.9 Å². The predicted molar refractivity (Wildman–Crippen MR) is 108 cm³/mol. The van der Waals surface area contributed by atoms with Crippen LogP contribution in [0.25, 0.3) is 11.4 Å². The zero-order valence-corrected chi connectivity index (χ0v) is 15.5. The average molecular weight is 390 g/mol. The lowest BCUT2D eigenvalue weighted by Gasteiger charge is -2.08. The third-order valence-corrected chi connectivity index (χ3v) is 4.52. The van der Waals surface area contributed by atoms with Gasteiger partial charge >= 0.3 is 0 Å². The summed E-state index contributed by atoms with van der Waals surface area (Å²) in [6, 6.07) is 20.1. The van der Waals surface area contributed by atoms with Crippen LogP contribution >= 0.6 is 11.6 Å². The second-order valence-corrected chi connectivity index (χ2v) is 6.43. The number of hydrogen-bond donors (Lipinski definition) is 1. The molecule has 0 saturated carbocycles. The largest absolute Gasteiger partial charge is 0.350 e. The van der Waals surface area contributed by atoms with E-state index in [1.165, 1.54) is 4.68 Å². The monoisotopic (exact) mass is 389 g/mol. The molecule has 138 valence electrons. The first-order chi connectivity index (χ1) is 13.7. The van der Waals surface area contributed by atoms with Crippen LogP contribution in [0.2, 0.25) is 5.02 Å². The fourth-order valence-corrected chi connectivity index (χ4v) is 2.91. The summed E-state index contributed by atoms with van der Waals surface area (Å²) in [6.45, 7) is 0.413. The highest BCUT2D eigenvalue weighted by Crippen LogP contribution is 2.20. The van der Waals surface area contributed by atoms with Crippen LogP contribution in [0.5, 0.6) is 0 Å². The van der Waals surface area contributed by atoms with Crippen LogP contribution in [0.15, 0.2) is 79.1 Å². The lowest BCUT2D eigenvalue weighted by molar-refractivity contribution is 0.0947. The highest BCUT2D eigenvalue weighted by molar-refractivity contribution is 6.31. The van der Waals surface area contributed by atoms with Gasteiger partial charge in [0.1, 0.15) is 0 Å². The highest BCUT2D eigenvalue weighted by Gasteiger charge is 2.18. The van der Waals surface area contributed by atoms with E-state index in [-0.39, 0.29) is 5.91 Å². The molecule has 0 aliphatic rings. The minimum atomic E-state index is -0.268. The van der Waals surface area contributed by atoms with Crippen molar-refractivity contribution in [3.05, 3.63) is 95.3 Å². The van der Waals surface area contributed by atoms with E-state index in [0.717, 1.165) is 11.1 Å². The molecule has 0 saturated heterocycles. The molecule has 7 heteroatoms. The number of nitrogens with zero attached hydrogens (tertiary/aromatic N) is 4. The molecule has 6 nitrogen and oxygen atoms in total. The molecule has 0 aliphatic heterocycles. The van der Waals surface area contributed by atoms with Crippen LogP contribution in [0.3, 0.4) is 0 Å². The van der Waals surface area contributed by atoms with Gasteiger partial charge in [0.2, 0.25) is 5.95 Å². The van der Waals surface area contributed by atoms with Crippen LogP contribution in [0.4, 0.5) is 5.95 Å². The number of hydrogen-bond acceptors (Lipinski definition) is 5. The van der Waals surface area contributed by atoms with Gasteiger partial charge in [0.25, 0.3) is 5.91 Å². The van der Waals surface area contributed by atoms with Gasteiger partial charge in [0, 0.05) is 35.1 Å². The minimum Gasteiger partial charge on any atom is -0.350 e. The topological polar surface area (TPSA) is 72.7 Å². The number of carbonyl (C=O) groups is 1. The third kappa shape index (κ3) is 3.77. The lowest BCUT2D eigenvalue weighted by atomic mass is 10.2. The molecule has 0 amide bonds. The van der Waals surface area contributed by atoms with E-state index in [4.69, 9.17) is 11.6 Å². The predicted octanol–water partition coefficient (Wildman–Crippen LogP) is 4.29. The molecule has 0 unspecified atom stereocenters. The molecule has 0 bridgehead atoms. The van der Waals surface area contributed by atoms with Crippen molar-refractivity contribution < 1.29 is 4.79 Å². The molecule has 0 spiro atoms. The SMILES string of the molecule is O=C(c1ccccc1)n1nc(-c2ccncc2)nc1NCc1ccccc1Cl. The van der Waals surface area contributed by atoms with Gasteiger partial charge in [-0.05, 0) is 35.9 Å². The van der Waals surface area contributed by atoms with Gasteiger partial charge in [-0.15, -0.1) is 5.10 Å². The van der Waals surface area contributed by atoms with Crippen molar-refractivity contribution in [2.45, 2.75) is 6.54 Å². The van der Waals surface area contributed by atoms with Crippen molar-refractivity contribution in [1.29, 1.82) is 0 Å². The average Bonchev–Trinajstić information content (AvgIpc) is 3.18. The number of carbonyl (C=O) groups excluding carboxylic acids is 1. The van der Waals surface area contributed by atoms with E-state index in [2.05, 4.69) is 20.4 Å². The Morgan fingerprint density at radius 3 is 2.43 bits per heavy atom. The van der Waals surface area contributed by atoms with Crippen molar-refractivity contribution in [2.75, 3.05) is 5.32 Å². The Morgan fingerprint density at radius 2 is 1.68 bits per heavy atom. The van der Waals surface area contributed by atoms with Gasteiger partial charge in [-0.25, -0.2) is 0 Å². The summed E-state index contributed by atoms with van der Waals surface area (Å²) in [5.74, 6) is 0.518. The maximum atomic E-state index is 13.0. The van der Waals surface area contributed by atoms with Gasteiger partial charge in [-0.3, -0.25) is 9.78 Å². The van der Waals surface area contributed by atoms with Crippen molar-refractivity contribution in [3.8, 4) is 11.4 Å². The summed E-state index contributed by atoms with van der Waals surface area (Å²) in [6.07, 6.45) is 3.32. The second kappa shape index (κ2) is 8.02. The van der Waals surface area contributed by atoms with Crippen LogP contribution in [0.1, 0.15) is 15.9 Å². The molecular formula is C21H16ClN5O. The number of halogens is 1. The molecule has 4 aromatic rings. The first-order valence-electron chi connectivity index (χ1n) is 8.67. The van der Waals surface area contributed by atoms with Gasteiger partial charge in [-0.2, -0.15) is 9.67 Å². The summed E-state index contributed by atoms with van der Waals surface area (Å²) >= 11 is 6.23. The van der Waals surface area contributed by atoms with Crippen LogP contribution < -0.4 is 5.32 Å². The Bertz CT molecular complexity index is 1100. The minimum absolute atomic E-state index is 0.268. The number of aromatic nitrogens is 4. The molecule has 1 N–H and O–H groups in total.